The summed E-state index contributed by atoms with van der Waals surface area (Å²) >= 11 is 0. The Bertz CT molecular complexity index is 1010. The maximum absolute atomic E-state index is 11.6. The molecule has 2 aromatic carbocycles. The Hall–Kier alpha value is -2.62. The van der Waals surface area contributed by atoms with Crippen LogP contribution in [0.5, 0.6) is 0 Å². The van der Waals surface area contributed by atoms with Gasteiger partial charge in [-0.05, 0) is 50.1 Å². The second-order valence-electron chi connectivity index (χ2n) is 7.05. The summed E-state index contributed by atoms with van der Waals surface area (Å²) in [5.74, 6) is 1.75. The zero-order chi connectivity index (χ0) is 21.3. The Morgan fingerprint density at radius 2 is 1.84 bits per heavy atom. The van der Waals surface area contributed by atoms with E-state index in [0.29, 0.717) is 12.1 Å². The number of amides is 1. The lowest BCUT2D eigenvalue weighted by Gasteiger charge is -2.12. The molecule has 0 spiro atoms. The molecule has 8 heteroatoms. The smallest absolute Gasteiger partial charge is 0.251 e. The number of nitrogens with one attached hydrogen (secondary N) is 3. The van der Waals surface area contributed by atoms with E-state index >= 15 is 0 Å². The number of guanidine groups is 1. The standard InChI is InChI=1S/C23H30N6O.HI/c1-4-25-23(27-16-18-10-12-19(13-11-18)22(30)24-3)26-14-7-15-29-17(2)28-20-8-5-6-9-21(20)29;/h5-6,8-13H,4,7,14-16H2,1-3H3,(H,24,30)(H2,25,26,27);1H. The van der Waals surface area contributed by atoms with E-state index in [1.54, 1.807) is 7.05 Å². The van der Waals surface area contributed by atoms with Gasteiger partial charge in [-0.25, -0.2) is 9.98 Å². The van der Waals surface area contributed by atoms with Crippen LogP contribution < -0.4 is 16.0 Å². The van der Waals surface area contributed by atoms with Crippen LogP contribution in [0.25, 0.3) is 11.0 Å². The summed E-state index contributed by atoms with van der Waals surface area (Å²) in [6.07, 6.45) is 0.965. The third-order valence-corrected chi connectivity index (χ3v) is 4.90. The third kappa shape index (κ3) is 6.68. The van der Waals surface area contributed by atoms with Gasteiger partial charge in [0.1, 0.15) is 5.82 Å². The van der Waals surface area contributed by atoms with Gasteiger partial charge in [0.15, 0.2) is 5.96 Å². The van der Waals surface area contributed by atoms with Crippen molar-refractivity contribution >= 4 is 46.9 Å². The topological polar surface area (TPSA) is 83.3 Å². The summed E-state index contributed by atoms with van der Waals surface area (Å²) in [7, 11) is 1.63. The largest absolute Gasteiger partial charge is 0.357 e. The van der Waals surface area contributed by atoms with Crippen LogP contribution in [0.3, 0.4) is 0 Å². The fourth-order valence-electron chi connectivity index (χ4n) is 3.34. The molecule has 0 saturated carbocycles. The Labute approximate surface area is 200 Å². The van der Waals surface area contributed by atoms with Crippen LogP contribution in [-0.4, -0.2) is 41.6 Å². The van der Waals surface area contributed by atoms with Gasteiger partial charge >= 0.3 is 0 Å². The molecule has 1 amide bonds. The number of hydrogen-bond donors (Lipinski definition) is 3. The number of aryl methyl sites for hydroxylation is 2. The van der Waals surface area contributed by atoms with E-state index in [2.05, 4.69) is 49.6 Å². The first-order chi connectivity index (χ1) is 14.6. The quantitative estimate of drug-likeness (QED) is 0.179. The monoisotopic (exact) mass is 534 g/mol. The summed E-state index contributed by atoms with van der Waals surface area (Å²) < 4.78 is 2.26. The minimum absolute atomic E-state index is 0. The van der Waals surface area contributed by atoms with Gasteiger partial charge in [0, 0.05) is 32.2 Å². The Morgan fingerprint density at radius 3 is 2.55 bits per heavy atom. The van der Waals surface area contributed by atoms with Gasteiger partial charge in [0.05, 0.1) is 17.6 Å². The minimum atomic E-state index is -0.0824. The maximum atomic E-state index is 11.6. The number of carbonyl (C=O) groups is 1. The molecular weight excluding hydrogens is 503 g/mol. The lowest BCUT2D eigenvalue weighted by Crippen LogP contribution is -2.38. The van der Waals surface area contributed by atoms with Crippen LogP contribution >= 0.6 is 24.0 Å². The number of hydrogen-bond acceptors (Lipinski definition) is 3. The molecule has 31 heavy (non-hydrogen) atoms. The molecule has 3 aromatic rings. The Morgan fingerprint density at radius 1 is 1.10 bits per heavy atom. The lowest BCUT2D eigenvalue weighted by molar-refractivity contribution is 0.0963. The molecule has 7 nitrogen and oxygen atoms in total. The van der Waals surface area contributed by atoms with Crippen LogP contribution in [-0.2, 0) is 13.1 Å². The molecule has 3 N–H and O–H groups in total. The highest BCUT2D eigenvalue weighted by atomic mass is 127. The fraction of sp³-hybridized carbons (Fsp3) is 0.348. The van der Waals surface area contributed by atoms with E-state index < -0.39 is 0 Å². The summed E-state index contributed by atoms with van der Waals surface area (Å²) in [5.41, 5.74) is 3.93. The van der Waals surface area contributed by atoms with E-state index in [1.807, 2.05) is 43.3 Å². The summed E-state index contributed by atoms with van der Waals surface area (Å²) in [6.45, 7) is 7.17. The SMILES string of the molecule is CCNC(=NCc1ccc(C(=O)NC)cc1)NCCCn1c(C)nc2ccccc21.I. The average molecular weight is 534 g/mol. The van der Waals surface area contributed by atoms with E-state index in [1.165, 1.54) is 5.52 Å². The van der Waals surface area contributed by atoms with Crippen LogP contribution in [0.4, 0.5) is 0 Å². The number of nitrogens with zero attached hydrogens (tertiary/aromatic N) is 3. The summed E-state index contributed by atoms with van der Waals surface area (Å²) in [6, 6.07) is 15.7. The number of rotatable bonds is 8. The van der Waals surface area contributed by atoms with Crippen LogP contribution in [0, 0.1) is 6.92 Å². The zero-order valence-corrected chi connectivity index (χ0v) is 20.6. The molecule has 0 fully saturated rings. The highest BCUT2D eigenvalue weighted by Crippen LogP contribution is 2.15. The molecular formula is C23H31IN6O. The number of halogens is 1. The third-order valence-electron chi connectivity index (χ3n) is 4.90. The first kappa shape index (κ1) is 24.6. The number of aromatic nitrogens is 2. The average Bonchev–Trinajstić information content (AvgIpc) is 3.09. The highest BCUT2D eigenvalue weighted by molar-refractivity contribution is 14.0. The molecule has 166 valence electrons. The van der Waals surface area contributed by atoms with Gasteiger partial charge in [-0.15, -0.1) is 24.0 Å². The Kier molecular flexibility index (Phi) is 9.77. The highest BCUT2D eigenvalue weighted by Gasteiger charge is 2.06. The molecule has 0 saturated heterocycles. The normalized spacial score (nSPS) is 11.1. The molecule has 0 unspecified atom stereocenters. The predicted molar refractivity (Wildman–Crippen MR) is 137 cm³/mol. The number of aliphatic imine (C=N–C) groups is 1. The number of carbonyl (C=O) groups excluding carboxylic acids is 1. The van der Waals surface area contributed by atoms with Crippen molar-refractivity contribution in [2.45, 2.75) is 33.4 Å². The van der Waals surface area contributed by atoms with E-state index in [0.717, 1.165) is 48.9 Å². The van der Waals surface area contributed by atoms with Crippen molar-refractivity contribution in [1.82, 2.24) is 25.5 Å². The van der Waals surface area contributed by atoms with E-state index in [4.69, 9.17) is 0 Å². The van der Waals surface area contributed by atoms with Crippen molar-refractivity contribution in [2.75, 3.05) is 20.1 Å². The van der Waals surface area contributed by atoms with Gasteiger partial charge in [0.2, 0.25) is 0 Å². The van der Waals surface area contributed by atoms with Crippen molar-refractivity contribution in [3.8, 4) is 0 Å². The van der Waals surface area contributed by atoms with E-state index in [-0.39, 0.29) is 29.9 Å². The van der Waals surface area contributed by atoms with Gasteiger partial charge < -0.3 is 20.5 Å². The molecule has 0 radical (unpaired) electrons. The molecule has 0 bridgehead atoms. The zero-order valence-electron chi connectivity index (χ0n) is 18.3. The van der Waals surface area contributed by atoms with Crippen LogP contribution in [0.1, 0.15) is 35.1 Å². The van der Waals surface area contributed by atoms with Crippen molar-refractivity contribution < 1.29 is 4.79 Å². The van der Waals surface area contributed by atoms with Gasteiger partial charge in [0.25, 0.3) is 5.91 Å². The lowest BCUT2D eigenvalue weighted by atomic mass is 10.1. The first-order valence-corrected chi connectivity index (χ1v) is 10.4. The molecule has 0 aliphatic heterocycles. The van der Waals surface area contributed by atoms with Gasteiger partial charge in [-0.3, -0.25) is 4.79 Å². The predicted octanol–water partition coefficient (Wildman–Crippen LogP) is 3.47. The Balaban J connectivity index is 0.00000341. The van der Waals surface area contributed by atoms with Crippen molar-refractivity contribution in [1.29, 1.82) is 0 Å². The van der Waals surface area contributed by atoms with Crippen molar-refractivity contribution in [3.05, 3.63) is 65.5 Å². The second-order valence-corrected chi connectivity index (χ2v) is 7.05. The van der Waals surface area contributed by atoms with Gasteiger partial charge in [-0.2, -0.15) is 0 Å². The number of fused-ring (bicyclic) bond motifs is 1. The van der Waals surface area contributed by atoms with Gasteiger partial charge in [-0.1, -0.05) is 24.3 Å². The second kappa shape index (κ2) is 12.3. The molecule has 1 heterocycles. The molecule has 1 aromatic heterocycles. The number of imidazole rings is 1. The maximum Gasteiger partial charge on any atom is 0.251 e. The molecule has 0 atom stereocenters. The van der Waals surface area contributed by atoms with Crippen LogP contribution in [0.15, 0.2) is 53.5 Å². The molecule has 0 aliphatic carbocycles. The molecule has 3 rings (SSSR count). The first-order valence-electron chi connectivity index (χ1n) is 10.4. The summed E-state index contributed by atoms with van der Waals surface area (Å²) in [4.78, 5) is 20.9. The van der Waals surface area contributed by atoms with Crippen molar-refractivity contribution in [2.24, 2.45) is 4.99 Å². The van der Waals surface area contributed by atoms with Crippen molar-refractivity contribution in [3.63, 3.8) is 0 Å². The fourth-order valence-corrected chi connectivity index (χ4v) is 3.34. The summed E-state index contributed by atoms with van der Waals surface area (Å²) in [5, 5.41) is 9.31. The van der Waals surface area contributed by atoms with E-state index in [9.17, 15) is 4.79 Å². The number of benzene rings is 2. The van der Waals surface area contributed by atoms with Crippen LogP contribution in [0.2, 0.25) is 0 Å². The molecule has 0 aliphatic rings. The minimum Gasteiger partial charge on any atom is -0.357 e. The number of para-hydroxylation sites is 2.